The minimum Gasteiger partial charge on any atom is -0.461 e. The van der Waals surface area contributed by atoms with Gasteiger partial charge < -0.3 is 13.8 Å². The molecule has 3 rings (SSSR count). The van der Waals surface area contributed by atoms with E-state index in [4.69, 9.17) is 8.94 Å². The molecule has 1 aliphatic rings. The number of carbonyl (C=O) groups is 1. The lowest BCUT2D eigenvalue weighted by atomic mass is 10.1. The van der Waals surface area contributed by atoms with E-state index in [1.165, 1.54) is 25.7 Å². The zero-order chi connectivity index (χ0) is 16.1. The largest absolute Gasteiger partial charge is 0.461 e. The monoisotopic (exact) mass is 317 g/mol. The van der Waals surface area contributed by atoms with Crippen molar-refractivity contribution in [3.63, 3.8) is 0 Å². The predicted molar refractivity (Wildman–Crippen MR) is 84.6 cm³/mol. The molecule has 6 heteroatoms. The average Bonchev–Trinajstić information content (AvgIpc) is 3.18. The summed E-state index contributed by atoms with van der Waals surface area (Å²) in [5, 5.41) is 3.88. The number of aromatic nitrogens is 2. The molecule has 2 heterocycles. The maximum atomic E-state index is 12.4. The summed E-state index contributed by atoms with van der Waals surface area (Å²) in [5.41, 5.74) is 0. The first-order chi connectivity index (χ1) is 11.2. The second-order valence-electron chi connectivity index (χ2n) is 6.14. The molecular formula is C17H23N3O3. The van der Waals surface area contributed by atoms with E-state index in [9.17, 15) is 4.79 Å². The Hall–Kier alpha value is -2.11. The first kappa shape index (κ1) is 15.8. The van der Waals surface area contributed by atoms with E-state index in [-0.39, 0.29) is 5.91 Å². The van der Waals surface area contributed by atoms with Gasteiger partial charge in [-0.25, -0.2) is 0 Å². The molecule has 0 radical (unpaired) electrons. The molecule has 6 nitrogen and oxygen atoms in total. The third-order valence-electron chi connectivity index (χ3n) is 4.53. The third kappa shape index (κ3) is 4.00. The van der Waals surface area contributed by atoms with E-state index in [1.54, 1.807) is 18.4 Å². The Morgan fingerprint density at radius 2 is 2.09 bits per heavy atom. The van der Waals surface area contributed by atoms with Gasteiger partial charge in [-0.05, 0) is 25.0 Å². The van der Waals surface area contributed by atoms with Crippen LogP contribution in [0.3, 0.4) is 0 Å². The number of hydrogen-bond acceptors (Lipinski definition) is 5. The summed E-state index contributed by atoms with van der Waals surface area (Å²) in [4.78, 5) is 18.6. The second-order valence-corrected chi connectivity index (χ2v) is 6.14. The highest BCUT2D eigenvalue weighted by atomic mass is 16.5. The molecule has 1 saturated carbocycles. The van der Waals surface area contributed by atoms with Crippen LogP contribution in [0.15, 0.2) is 27.3 Å². The Balaban J connectivity index is 1.52. The van der Waals surface area contributed by atoms with Crippen molar-refractivity contribution in [3.05, 3.63) is 24.3 Å². The van der Waals surface area contributed by atoms with Crippen LogP contribution in [-0.4, -0.2) is 34.0 Å². The summed E-state index contributed by atoms with van der Waals surface area (Å²) in [5.74, 6) is 1.62. The van der Waals surface area contributed by atoms with Crippen LogP contribution >= 0.6 is 0 Å². The molecule has 124 valence electrons. The van der Waals surface area contributed by atoms with Crippen molar-refractivity contribution in [3.8, 4) is 11.6 Å². The smallest absolute Gasteiger partial charge is 0.238 e. The second kappa shape index (κ2) is 7.44. The van der Waals surface area contributed by atoms with E-state index in [0.717, 1.165) is 12.8 Å². The van der Waals surface area contributed by atoms with Crippen molar-refractivity contribution in [2.45, 2.75) is 57.4 Å². The Morgan fingerprint density at radius 1 is 1.30 bits per heavy atom. The highest BCUT2D eigenvalue weighted by Gasteiger charge is 2.21. The van der Waals surface area contributed by atoms with Crippen LogP contribution in [0.4, 0.5) is 0 Å². The molecule has 1 amide bonds. The Labute approximate surface area is 135 Å². The van der Waals surface area contributed by atoms with Crippen molar-refractivity contribution in [2.24, 2.45) is 0 Å². The summed E-state index contributed by atoms with van der Waals surface area (Å²) in [6.45, 7) is 0. The summed E-state index contributed by atoms with van der Waals surface area (Å²) in [7, 11) is 1.92. The molecule has 0 atom stereocenters. The van der Waals surface area contributed by atoms with Gasteiger partial charge in [-0.2, -0.15) is 4.98 Å². The standard InChI is InChI=1S/C17H23N3O3/c1-20(13-7-4-2-3-5-8-13)16(21)11-10-15-18-17(19-23-15)14-9-6-12-22-14/h6,9,12-13H,2-5,7-8,10-11H2,1H3. The van der Waals surface area contributed by atoms with Crippen LogP contribution < -0.4 is 0 Å². The van der Waals surface area contributed by atoms with Gasteiger partial charge in [0.05, 0.1) is 6.26 Å². The molecule has 0 aliphatic heterocycles. The molecule has 2 aromatic rings. The molecule has 0 unspecified atom stereocenters. The van der Waals surface area contributed by atoms with Crippen LogP contribution in [0.5, 0.6) is 0 Å². The lowest BCUT2D eigenvalue weighted by Gasteiger charge is -2.27. The van der Waals surface area contributed by atoms with Gasteiger partial charge >= 0.3 is 0 Å². The minimum atomic E-state index is 0.148. The Morgan fingerprint density at radius 3 is 2.78 bits per heavy atom. The Bertz CT molecular complexity index is 613. The maximum absolute atomic E-state index is 12.4. The maximum Gasteiger partial charge on any atom is 0.238 e. The molecule has 2 aromatic heterocycles. The van der Waals surface area contributed by atoms with Crippen molar-refractivity contribution in [2.75, 3.05) is 7.05 Å². The van der Waals surface area contributed by atoms with Crippen molar-refractivity contribution in [1.29, 1.82) is 0 Å². The van der Waals surface area contributed by atoms with Gasteiger partial charge in [0.1, 0.15) is 0 Å². The number of amides is 1. The summed E-state index contributed by atoms with van der Waals surface area (Å²) < 4.78 is 10.4. The van der Waals surface area contributed by atoms with Crippen molar-refractivity contribution >= 4 is 5.91 Å². The fourth-order valence-electron chi connectivity index (χ4n) is 3.10. The number of hydrogen-bond donors (Lipinski definition) is 0. The molecule has 23 heavy (non-hydrogen) atoms. The van der Waals surface area contributed by atoms with Gasteiger partial charge in [-0.15, -0.1) is 0 Å². The summed E-state index contributed by atoms with van der Waals surface area (Å²) >= 11 is 0. The zero-order valence-electron chi connectivity index (χ0n) is 13.5. The van der Waals surface area contributed by atoms with E-state index in [2.05, 4.69) is 10.1 Å². The van der Waals surface area contributed by atoms with Gasteiger partial charge in [-0.3, -0.25) is 4.79 Å². The van der Waals surface area contributed by atoms with E-state index in [0.29, 0.717) is 36.4 Å². The number of furan rings is 1. The van der Waals surface area contributed by atoms with Gasteiger partial charge in [0.25, 0.3) is 0 Å². The quantitative estimate of drug-likeness (QED) is 0.790. The average molecular weight is 317 g/mol. The van der Waals surface area contributed by atoms with Gasteiger partial charge in [0, 0.05) is 25.9 Å². The molecule has 0 saturated heterocycles. The molecule has 0 aromatic carbocycles. The molecule has 0 N–H and O–H groups in total. The van der Waals surface area contributed by atoms with Crippen molar-refractivity contribution in [1.82, 2.24) is 15.0 Å². The van der Waals surface area contributed by atoms with Crippen LogP contribution in [0.1, 0.15) is 50.8 Å². The lowest BCUT2D eigenvalue weighted by molar-refractivity contribution is -0.132. The van der Waals surface area contributed by atoms with Gasteiger partial charge in [0.2, 0.25) is 17.6 Å². The molecule has 0 bridgehead atoms. The van der Waals surface area contributed by atoms with Crippen LogP contribution in [-0.2, 0) is 11.2 Å². The number of aryl methyl sites for hydroxylation is 1. The van der Waals surface area contributed by atoms with E-state index >= 15 is 0 Å². The van der Waals surface area contributed by atoms with Crippen LogP contribution in [0.2, 0.25) is 0 Å². The lowest BCUT2D eigenvalue weighted by Crippen LogP contribution is -2.36. The minimum absolute atomic E-state index is 0.148. The topological polar surface area (TPSA) is 72.4 Å². The van der Waals surface area contributed by atoms with Gasteiger partial charge in [0.15, 0.2) is 5.76 Å². The number of rotatable bonds is 5. The fourth-order valence-corrected chi connectivity index (χ4v) is 3.10. The highest BCUT2D eigenvalue weighted by Crippen LogP contribution is 2.22. The molecule has 1 aliphatic carbocycles. The Kier molecular flexibility index (Phi) is 5.10. The highest BCUT2D eigenvalue weighted by molar-refractivity contribution is 5.76. The third-order valence-corrected chi connectivity index (χ3v) is 4.53. The first-order valence-corrected chi connectivity index (χ1v) is 8.36. The molecule has 0 spiro atoms. The zero-order valence-corrected chi connectivity index (χ0v) is 13.5. The number of carbonyl (C=O) groups excluding carboxylic acids is 1. The fraction of sp³-hybridized carbons (Fsp3) is 0.588. The van der Waals surface area contributed by atoms with E-state index < -0.39 is 0 Å². The van der Waals surface area contributed by atoms with E-state index in [1.807, 2.05) is 11.9 Å². The number of nitrogens with zero attached hydrogens (tertiary/aromatic N) is 3. The SMILES string of the molecule is CN(C(=O)CCc1nc(-c2ccco2)no1)C1CCCCCC1. The van der Waals surface area contributed by atoms with Crippen molar-refractivity contribution < 1.29 is 13.7 Å². The normalized spacial score (nSPS) is 16.2. The first-order valence-electron chi connectivity index (χ1n) is 8.36. The van der Waals surface area contributed by atoms with Crippen LogP contribution in [0, 0.1) is 0 Å². The summed E-state index contributed by atoms with van der Waals surface area (Å²) in [6.07, 6.45) is 9.67. The predicted octanol–water partition coefficient (Wildman–Crippen LogP) is 3.44. The molecular weight excluding hydrogens is 294 g/mol. The summed E-state index contributed by atoms with van der Waals surface area (Å²) in [6, 6.07) is 3.93. The van der Waals surface area contributed by atoms with Gasteiger partial charge in [-0.1, -0.05) is 30.8 Å². The molecule has 1 fully saturated rings. The van der Waals surface area contributed by atoms with Crippen LogP contribution in [0.25, 0.3) is 11.6 Å².